The minimum absolute atomic E-state index is 0.0640. The van der Waals surface area contributed by atoms with Gasteiger partial charge in [-0.3, -0.25) is 9.59 Å². The minimum Gasteiger partial charge on any atom is -0.508 e. The van der Waals surface area contributed by atoms with Crippen LogP contribution in [0.15, 0.2) is 35.5 Å². The Morgan fingerprint density at radius 1 is 1.04 bits per heavy atom. The quantitative estimate of drug-likeness (QED) is 0.490. The number of carbonyl (C=O) groups excluding carboxylic acids is 2. The minimum atomic E-state index is -0.276. The highest BCUT2D eigenvalue weighted by Crippen LogP contribution is 2.65. The predicted octanol–water partition coefficient (Wildman–Crippen LogP) is 1.48. The number of allylic oxidation sites excluding steroid dienone is 2. The van der Waals surface area contributed by atoms with E-state index >= 15 is 0 Å². The van der Waals surface area contributed by atoms with Crippen LogP contribution < -0.4 is 0 Å². The van der Waals surface area contributed by atoms with Crippen molar-refractivity contribution in [1.29, 1.82) is 0 Å². The highest BCUT2D eigenvalue weighted by atomic mass is 16.3. The first-order chi connectivity index (χ1) is 11.6. The Labute approximate surface area is 138 Å². The monoisotopic (exact) mass is 324 g/mol. The molecule has 6 heteroatoms. The number of aromatic hydroxyl groups is 2. The van der Waals surface area contributed by atoms with Gasteiger partial charge in [0.15, 0.2) is 0 Å². The van der Waals surface area contributed by atoms with Gasteiger partial charge in [-0.15, -0.1) is 0 Å². The van der Waals surface area contributed by atoms with Gasteiger partial charge in [-0.05, 0) is 42.2 Å². The first-order valence-electron chi connectivity index (χ1n) is 8.18. The topological polar surface area (TPSA) is 90.2 Å². The molecule has 1 saturated heterocycles. The second-order valence-corrected chi connectivity index (χ2v) is 7.13. The van der Waals surface area contributed by atoms with Gasteiger partial charge in [0, 0.05) is 11.6 Å². The summed E-state index contributed by atoms with van der Waals surface area (Å²) in [6, 6.07) is 4.07. The lowest BCUT2D eigenvalue weighted by Crippen LogP contribution is -2.40. The molecule has 122 valence electrons. The summed E-state index contributed by atoms with van der Waals surface area (Å²) in [6.07, 6.45) is 6.65. The highest BCUT2D eigenvalue weighted by Gasteiger charge is 2.67. The molecule has 5 aliphatic rings. The molecule has 3 fully saturated rings. The molecule has 6 nitrogen and oxygen atoms in total. The fraction of sp³-hybridized carbons (Fsp3) is 0.389. The largest absolute Gasteiger partial charge is 0.508 e. The van der Waals surface area contributed by atoms with Crippen LogP contribution in [0.3, 0.4) is 0 Å². The van der Waals surface area contributed by atoms with E-state index in [1.165, 1.54) is 24.4 Å². The average Bonchev–Trinajstić information content (AvgIpc) is 3.33. The van der Waals surface area contributed by atoms with Crippen molar-refractivity contribution < 1.29 is 19.8 Å². The van der Waals surface area contributed by atoms with Gasteiger partial charge in [0.05, 0.1) is 18.1 Å². The third-order valence-corrected chi connectivity index (χ3v) is 5.97. The van der Waals surface area contributed by atoms with Crippen molar-refractivity contribution in [2.24, 2.45) is 40.6 Å². The molecule has 2 bridgehead atoms. The van der Waals surface area contributed by atoms with E-state index < -0.39 is 0 Å². The lowest BCUT2D eigenvalue weighted by molar-refractivity contribution is -0.140. The van der Waals surface area contributed by atoms with Crippen LogP contribution in [0.1, 0.15) is 12.0 Å². The van der Waals surface area contributed by atoms with Crippen molar-refractivity contribution >= 4 is 18.0 Å². The number of nitrogens with zero attached hydrogens (tertiary/aromatic N) is 2. The van der Waals surface area contributed by atoms with Gasteiger partial charge in [-0.2, -0.15) is 10.1 Å². The summed E-state index contributed by atoms with van der Waals surface area (Å²) in [6.45, 7) is 0. The molecule has 6 atom stereocenters. The molecular weight excluding hydrogens is 308 g/mol. The lowest BCUT2D eigenvalue weighted by atomic mass is 9.63. The SMILES string of the molecule is O=C1C2C3C=CC(C4CC34)C2C(=O)N1N=Cc1ccc(O)cc1O. The number of amides is 2. The zero-order chi connectivity index (χ0) is 16.6. The maximum absolute atomic E-state index is 12.7. The first kappa shape index (κ1) is 13.8. The molecular formula is C18H16N2O4. The Bertz CT molecular complexity index is 794. The van der Waals surface area contributed by atoms with Gasteiger partial charge in [0.25, 0.3) is 11.8 Å². The van der Waals surface area contributed by atoms with Crippen molar-refractivity contribution in [2.75, 3.05) is 0 Å². The van der Waals surface area contributed by atoms with E-state index in [1.54, 1.807) is 0 Å². The summed E-state index contributed by atoms with van der Waals surface area (Å²) in [4.78, 5) is 25.4. The number of phenolic OH excluding ortho intramolecular Hbond substituents is 2. The maximum Gasteiger partial charge on any atom is 0.254 e. The Morgan fingerprint density at radius 2 is 1.67 bits per heavy atom. The fourth-order valence-electron chi connectivity index (χ4n) is 4.82. The summed E-state index contributed by atoms with van der Waals surface area (Å²) < 4.78 is 0. The molecule has 1 aliphatic heterocycles. The van der Waals surface area contributed by atoms with Crippen molar-refractivity contribution in [3.8, 4) is 11.5 Å². The van der Waals surface area contributed by atoms with Crippen LogP contribution in [0.4, 0.5) is 0 Å². The molecule has 0 aromatic heterocycles. The highest BCUT2D eigenvalue weighted by molar-refractivity contribution is 6.06. The number of benzene rings is 1. The van der Waals surface area contributed by atoms with E-state index in [2.05, 4.69) is 17.3 Å². The van der Waals surface area contributed by atoms with Gasteiger partial charge in [0.2, 0.25) is 0 Å². The number of phenols is 2. The normalized spacial score (nSPS) is 38.8. The van der Waals surface area contributed by atoms with Crippen LogP contribution in [-0.4, -0.2) is 33.3 Å². The van der Waals surface area contributed by atoms with Gasteiger partial charge in [-0.25, -0.2) is 0 Å². The summed E-state index contributed by atoms with van der Waals surface area (Å²) in [5.74, 6) is 0.222. The first-order valence-corrected chi connectivity index (χ1v) is 8.18. The van der Waals surface area contributed by atoms with E-state index in [4.69, 9.17) is 0 Å². The van der Waals surface area contributed by atoms with Crippen LogP contribution in [0.25, 0.3) is 0 Å². The molecule has 0 spiro atoms. The van der Waals surface area contributed by atoms with Gasteiger partial charge in [-0.1, -0.05) is 12.2 Å². The molecule has 1 aromatic carbocycles. The number of hydrazone groups is 1. The summed E-state index contributed by atoms with van der Waals surface area (Å²) in [5, 5.41) is 24.1. The van der Waals surface area contributed by atoms with E-state index in [-0.39, 0.29) is 47.0 Å². The number of carbonyl (C=O) groups is 2. The molecule has 4 aliphatic carbocycles. The van der Waals surface area contributed by atoms with E-state index in [9.17, 15) is 19.8 Å². The standard InChI is InChI=1S/C18H16N2O4/c21-9-2-1-8(14(22)5-9)7-19-20-17(23)15-10-3-4-11(13-6-12(10)13)16(15)18(20)24/h1-5,7,10-13,15-16,21-22H,6H2. The van der Waals surface area contributed by atoms with Crippen LogP contribution in [-0.2, 0) is 9.59 Å². The van der Waals surface area contributed by atoms with Gasteiger partial charge >= 0.3 is 0 Å². The molecule has 2 amide bonds. The predicted molar refractivity (Wildman–Crippen MR) is 83.9 cm³/mol. The Kier molecular flexibility index (Phi) is 2.56. The van der Waals surface area contributed by atoms with Crippen LogP contribution in [0, 0.1) is 35.5 Å². The second kappa shape index (κ2) is 4.47. The third-order valence-electron chi connectivity index (χ3n) is 5.97. The molecule has 1 aromatic rings. The second-order valence-electron chi connectivity index (χ2n) is 7.13. The average molecular weight is 324 g/mol. The number of rotatable bonds is 2. The van der Waals surface area contributed by atoms with E-state index in [1.807, 2.05) is 0 Å². The van der Waals surface area contributed by atoms with E-state index in [0.29, 0.717) is 17.4 Å². The van der Waals surface area contributed by atoms with Crippen LogP contribution in [0.2, 0.25) is 0 Å². The Balaban J connectivity index is 1.45. The smallest absolute Gasteiger partial charge is 0.254 e. The molecule has 2 saturated carbocycles. The van der Waals surface area contributed by atoms with Crippen molar-refractivity contribution in [1.82, 2.24) is 5.01 Å². The Hall–Kier alpha value is -2.63. The third kappa shape index (κ3) is 1.68. The Morgan fingerprint density at radius 3 is 2.25 bits per heavy atom. The van der Waals surface area contributed by atoms with Crippen molar-refractivity contribution in [3.05, 3.63) is 35.9 Å². The fourth-order valence-corrected chi connectivity index (χ4v) is 4.82. The van der Waals surface area contributed by atoms with Crippen molar-refractivity contribution in [3.63, 3.8) is 0 Å². The zero-order valence-corrected chi connectivity index (χ0v) is 12.7. The molecule has 0 radical (unpaired) electrons. The van der Waals surface area contributed by atoms with Crippen LogP contribution >= 0.6 is 0 Å². The summed E-state index contributed by atoms with van der Waals surface area (Å²) in [7, 11) is 0. The number of imide groups is 1. The number of hydrogen-bond acceptors (Lipinski definition) is 5. The number of hydrogen-bond donors (Lipinski definition) is 2. The van der Waals surface area contributed by atoms with Crippen LogP contribution in [0.5, 0.6) is 11.5 Å². The van der Waals surface area contributed by atoms with Crippen molar-refractivity contribution in [2.45, 2.75) is 6.42 Å². The molecule has 1 heterocycles. The maximum atomic E-state index is 12.7. The molecule has 6 rings (SSSR count). The summed E-state index contributed by atoms with van der Waals surface area (Å²) >= 11 is 0. The van der Waals surface area contributed by atoms with Gasteiger partial charge < -0.3 is 10.2 Å². The zero-order valence-electron chi connectivity index (χ0n) is 12.7. The molecule has 6 unspecified atom stereocenters. The molecule has 24 heavy (non-hydrogen) atoms. The van der Waals surface area contributed by atoms with Gasteiger partial charge in [0.1, 0.15) is 11.5 Å². The van der Waals surface area contributed by atoms with E-state index in [0.717, 1.165) is 11.4 Å². The molecule has 2 N–H and O–H groups in total. The summed E-state index contributed by atoms with van der Waals surface area (Å²) in [5.41, 5.74) is 0.340. The lowest BCUT2D eigenvalue weighted by Gasteiger charge is -2.37.